The predicted molar refractivity (Wildman–Crippen MR) is 153 cm³/mol. The van der Waals surface area contributed by atoms with E-state index in [9.17, 15) is 23.1 Å². The Labute approximate surface area is 251 Å². The van der Waals surface area contributed by atoms with Crippen LogP contribution in [-0.2, 0) is 11.3 Å². The Hall–Kier alpha value is -4.32. The summed E-state index contributed by atoms with van der Waals surface area (Å²) >= 11 is 0. The van der Waals surface area contributed by atoms with Crippen molar-refractivity contribution in [1.29, 1.82) is 0 Å². The molecule has 1 saturated heterocycles. The second-order valence-electron chi connectivity index (χ2n) is 12.0. The number of aromatic carboxylic acids is 1. The van der Waals surface area contributed by atoms with Crippen molar-refractivity contribution >= 4 is 11.7 Å². The zero-order valence-electron chi connectivity index (χ0n) is 24.1. The average molecular weight is 609 g/mol. The maximum Gasteiger partial charge on any atom is 0.573 e. The topological polar surface area (TPSA) is 103 Å². The lowest BCUT2D eigenvalue weighted by Crippen LogP contribution is -2.69. The van der Waals surface area contributed by atoms with Gasteiger partial charge in [-0.2, -0.15) is 5.10 Å². The first-order valence-corrected chi connectivity index (χ1v) is 14.7. The van der Waals surface area contributed by atoms with E-state index < -0.39 is 12.3 Å². The normalized spacial score (nSPS) is 21.1. The molecular weight excluding hydrogens is 577 g/mol. The third-order valence-corrected chi connectivity index (χ3v) is 8.77. The van der Waals surface area contributed by atoms with Crippen LogP contribution in [0.3, 0.4) is 0 Å². The molecule has 7 rings (SSSR count). The minimum absolute atomic E-state index is 0.0291. The van der Waals surface area contributed by atoms with Gasteiger partial charge in [0.1, 0.15) is 22.9 Å². The summed E-state index contributed by atoms with van der Waals surface area (Å²) in [6.45, 7) is 4.82. The molecule has 1 unspecified atom stereocenters. The molecule has 3 aliphatic rings. The van der Waals surface area contributed by atoms with Gasteiger partial charge in [-0.1, -0.05) is 29.4 Å². The van der Waals surface area contributed by atoms with Gasteiger partial charge in [0.15, 0.2) is 0 Å². The van der Waals surface area contributed by atoms with Crippen molar-refractivity contribution in [3.8, 4) is 28.3 Å². The number of carbonyl (C=O) groups is 1. The SMILES string of the molecule is CC(C)n1nc(-c2ccc(N3CC4[C@@H](OCc5c(-c6ccccc6OC(F)(F)F)noc5C5CC5)C[C@@H]43)cc2)cc1C(=O)O. The highest BCUT2D eigenvalue weighted by Crippen LogP contribution is 2.49. The van der Waals surface area contributed by atoms with Crippen LogP contribution in [0.5, 0.6) is 5.75 Å². The van der Waals surface area contributed by atoms with Gasteiger partial charge in [-0.25, -0.2) is 4.79 Å². The highest BCUT2D eigenvalue weighted by Gasteiger charge is 2.53. The first-order chi connectivity index (χ1) is 21.1. The zero-order valence-corrected chi connectivity index (χ0v) is 24.1. The number of aromatic nitrogens is 3. The number of nitrogens with zero attached hydrogens (tertiary/aromatic N) is 4. The summed E-state index contributed by atoms with van der Waals surface area (Å²) in [7, 11) is 0. The molecule has 230 valence electrons. The van der Waals surface area contributed by atoms with Crippen molar-refractivity contribution in [3.05, 3.63) is 71.6 Å². The summed E-state index contributed by atoms with van der Waals surface area (Å²) in [5.74, 6) is -0.0925. The lowest BCUT2D eigenvalue weighted by atomic mass is 9.68. The number of benzene rings is 2. The largest absolute Gasteiger partial charge is 0.573 e. The van der Waals surface area contributed by atoms with Gasteiger partial charge in [-0.15, -0.1) is 13.2 Å². The number of rotatable bonds is 10. The Bertz CT molecular complexity index is 1690. The van der Waals surface area contributed by atoms with Crippen LogP contribution in [0.2, 0.25) is 0 Å². The van der Waals surface area contributed by atoms with Crippen LogP contribution in [0.25, 0.3) is 22.5 Å². The summed E-state index contributed by atoms with van der Waals surface area (Å²) in [6.07, 6.45) is -2.06. The molecule has 1 aliphatic heterocycles. The summed E-state index contributed by atoms with van der Waals surface area (Å²) in [5, 5.41) is 18.2. The molecule has 0 amide bonds. The fourth-order valence-corrected chi connectivity index (χ4v) is 6.27. The van der Waals surface area contributed by atoms with Gasteiger partial charge in [0, 0.05) is 52.8 Å². The molecule has 3 heterocycles. The first kappa shape index (κ1) is 28.5. The van der Waals surface area contributed by atoms with Gasteiger partial charge in [0.05, 0.1) is 18.4 Å². The standard InChI is InChI=1S/C32H31F3N4O5/c1-17(2)39-26(31(40)41)13-24(36-39)18-9-11-20(12-10-18)38-15-22-25(38)14-28(22)42-16-23-29(37-44-30(23)19-7-8-19)21-5-3-4-6-27(21)43-32(33,34)35/h3-6,9-13,17,19,22,25,28H,7-8,14-16H2,1-2H3,(H,40,41)/t22?,25-,28-/m0/s1. The highest BCUT2D eigenvalue weighted by atomic mass is 19.4. The van der Waals surface area contributed by atoms with Gasteiger partial charge in [0.2, 0.25) is 0 Å². The van der Waals surface area contributed by atoms with Crippen LogP contribution in [0.1, 0.15) is 66.9 Å². The van der Waals surface area contributed by atoms with Crippen LogP contribution in [-0.4, -0.2) is 51.1 Å². The van der Waals surface area contributed by atoms with Crippen LogP contribution in [0.4, 0.5) is 18.9 Å². The number of para-hydroxylation sites is 1. The minimum Gasteiger partial charge on any atom is -0.477 e. The number of hydrogen-bond acceptors (Lipinski definition) is 7. The molecule has 3 atom stereocenters. The second-order valence-corrected chi connectivity index (χ2v) is 12.0. The molecular formula is C32H31F3N4O5. The lowest BCUT2D eigenvalue weighted by Gasteiger charge is -2.60. The third-order valence-electron chi connectivity index (χ3n) is 8.77. The summed E-state index contributed by atoms with van der Waals surface area (Å²) in [6, 6.07) is 15.8. The molecule has 3 fully saturated rings. The van der Waals surface area contributed by atoms with Crippen molar-refractivity contribution in [2.45, 2.75) is 70.2 Å². The molecule has 4 aromatic rings. The number of hydrogen-bond donors (Lipinski definition) is 1. The van der Waals surface area contributed by atoms with Crippen LogP contribution in [0.15, 0.2) is 59.1 Å². The Balaban J connectivity index is 1.01. The van der Waals surface area contributed by atoms with Gasteiger partial charge in [-0.3, -0.25) is 4.68 Å². The Morgan fingerprint density at radius 1 is 1.14 bits per heavy atom. The van der Waals surface area contributed by atoms with Crippen molar-refractivity contribution in [2.24, 2.45) is 5.92 Å². The molecule has 0 radical (unpaired) electrons. The molecule has 1 N–H and O–H groups in total. The fraction of sp³-hybridized carbons (Fsp3) is 0.406. The van der Waals surface area contributed by atoms with Crippen LogP contribution in [0, 0.1) is 5.92 Å². The van der Waals surface area contributed by atoms with Crippen LogP contribution >= 0.6 is 0 Å². The van der Waals surface area contributed by atoms with E-state index in [2.05, 4.69) is 19.9 Å². The Morgan fingerprint density at radius 2 is 1.89 bits per heavy atom. The monoisotopic (exact) mass is 608 g/mol. The maximum absolute atomic E-state index is 13.1. The summed E-state index contributed by atoms with van der Waals surface area (Å²) < 4.78 is 57.0. The zero-order chi connectivity index (χ0) is 30.7. The van der Waals surface area contributed by atoms with E-state index in [1.54, 1.807) is 18.2 Å². The van der Waals surface area contributed by atoms with E-state index in [4.69, 9.17) is 9.26 Å². The molecule has 0 spiro atoms. The van der Waals surface area contributed by atoms with Gasteiger partial charge in [-0.05, 0) is 63.4 Å². The Morgan fingerprint density at radius 3 is 2.50 bits per heavy atom. The number of alkyl halides is 3. The number of halogens is 3. The van der Waals surface area contributed by atoms with Crippen molar-refractivity contribution in [3.63, 3.8) is 0 Å². The molecule has 0 bridgehead atoms. The molecule has 9 nitrogen and oxygen atoms in total. The van der Waals surface area contributed by atoms with Crippen molar-refractivity contribution in [2.75, 3.05) is 11.4 Å². The van der Waals surface area contributed by atoms with E-state index in [0.29, 0.717) is 34.7 Å². The average Bonchev–Trinajstić information content (AvgIpc) is 3.56. The number of fused-ring (bicyclic) bond motifs is 1. The van der Waals surface area contributed by atoms with E-state index in [1.165, 1.54) is 16.8 Å². The lowest BCUT2D eigenvalue weighted by molar-refractivity contribution is -0.274. The fourth-order valence-electron chi connectivity index (χ4n) is 6.27. The second kappa shape index (κ2) is 10.7. The summed E-state index contributed by atoms with van der Waals surface area (Å²) in [4.78, 5) is 14.0. The van der Waals surface area contributed by atoms with E-state index >= 15 is 0 Å². The number of carboxylic acids is 1. The third kappa shape index (κ3) is 5.21. The molecule has 44 heavy (non-hydrogen) atoms. The molecule has 12 heteroatoms. The highest BCUT2D eigenvalue weighted by molar-refractivity contribution is 5.87. The number of carboxylic acid groups (broad SMARTS) is 1. The molecule has 2 aromatic carbocycles. The molecule has 2 aliphatic carbocycles. The van der Waals surface area contributed by atoms with E-state index in [-0.39, 0.29) is 41.7 Å². The summed E-state index contributed by atoms with van der Waals surface area (Å²) in [5.41, 5.74) is 3.94. The van der Waals surface area contributed by atoms with Crippen molar-refractivity contribution in [1.82, 2.24) is 14.9 Å². The quantitative estimate of drug-likeness (QED) is 0.204. The Kier molecular flexibility index (Phi) is 6.91. The minimum atomic E-state index is -4.83. The van der Waals surface area contributed by atoms with E-state index in [1.807, 2.05) is 38.1 Å². The number of ether oxygens (including phenoxy) is 2. The number of piperidine rings is 1. The van der Waals surface area contributed by atoms with E-state index in [0.717, 1.165) is 37.1 Å². The van der Waals surface area contributed by atoms with Crippen molar-refractivity contribution < 1.29 is 37.1 Å². The predicted octanol–water partition coefficient (Wildman–Crippen LogP) is 7.05. The molecule has 2 saturated carbocycles. The van der Waals surface area contributed by atoms with Crippen LogP contribution < -0.4 is 9.64 Å². The molecule has 2 aromatic heterocycles. The van der Waals surface area contributed by atoms with Gasteiger partial charge < -0.3 is 24.0 Å². The first-order valence-electron chi connectivity index (χ1n) is 14.7. The number of anilines is 1. The smallest absolute Gasteiger partial charge is 0.477 e. The maximum atomic E-state index is 13.1. The van der Waals surface area contributed by atoms with Gasteiger partial charge >= 0.3 is 12.3 Å². The van der Waals surface area contributed by atoms with Gasteiger partial charge in [0.25, 0.3) is 0 Å².